The van der Waals surface area contributed by atoms with Gasteiger partial charge in [0.05, 0.1) is 12.2 Å². The minimum atomic E-state index is 0.393. The fourth-order valence-corrected chi connectivity index (χ4v) is 3.65. The number of nitrogens with zero attached hydrogens (tertiary/aromatic N) is 3. The third-order valence-electron chi connectivity index (χ3n) is 2.57. The molecule has 3 rings (SSSR count). The van der Waals surface area contributed by atoms with Crippen molar-refractivity contribution in [3.05, 3.63) is 29.0 Å². The van der Waals surface area contributed by atoms with E-state index in [0.717, 1.165) is 28.7 Å². The molecular formula is C11H12N4S2. The monoisotopic (exact) mass is 264 g/mol. The van der Waals surface area contributed by atoms with Crippen molar-refractivity contribution in [2.75, 3.05) is 18.1 Å². The second-order valence-corrected chi connectivity index (χ2v) is 5.78. The number of hydrogen-bond donors (Lipinski definition) is 1. The van der Waals surface area contributed by atoms with Gasteiger partial charge in [0.15, 0.2) is 0 Å². The van der Waals surface area contributed by atoms with Crippen LogP contribution in [0.3, 0.4) is 0 Å². The molecule has 1 aliphatic rings. The summed E-state index contributed by atoms with van der Waals surface area (Å²) in [5.74, 6) is 2.30. The van der Waals surface area contributed by atoms with Gasteiger partial charge >= 0.3 is 0 Å². The Labute approximate surface area is 108 Å². The number of thioether (sulfide) groups is 1. The van der Waals surface area contributed by atoms with E-state index in [2.05, 4.69) is 25.6 Å². The molecule has 1 atom stereocenters. The second-order valence-electron chi connectivity index (χ2n) is 3.74. The number of thiazole rings is 1. The first-order valence-electron chi connectivity index (χ1n) is 5.46. The topological polar surface area (TPSA) is 50.7 Å². The van der Waals surface area contributed by atoms with Crippen molar-refractivity contribution in [2.45, 2.75) is 6.04 Å². The van der Waals surface area contributed by atoms with Crippen LogP contribution < -0.4 is 5.32 Å². The fourth-order valence-electron chi connectivity index (χ4n) is 1.72. The van der Waals surface area contributed by atoms with Crippen LogP contribution in [-0.4, -0.2) is 33.0 Å². The average molecular weight is 264 g/mol. The summed E-state index contributed by atoms with van der Waals surface area (Å²) in [5.41, 5.74) is 1.77. The van der Waals surface area contributed by atoms with Crippen LogP contribution >= 0.6 is 23.1 Å². The highest BCUT2D eigenvalue weighted by molar-refractivity contribution is 7.99. The van der Waals surface area contributed by atoms with Crippen molar-refractivity contribution in [2.24, 2.45) is 0 Å². The molecule has 88 valence electrons. The predicted molar refractivity (Wildman–Crippen MR) is 71.2 cm³/mol. The van der Waals surface area contributed by atoms with Crippen molar-refractivity contribution in [3.8, 4) is 11.4 Å². The largest absolute Gasteiger partial charge is 0.306 e. The van der Waals surface area contributed by atoms with E-state index in [9.17, 15) is 0 Å². The van der Waals surface area contributed by atoms with E-state index in [1.165, 1.54) is 5.75 Å². The zero-order chi connectivity index (χ0) is 11.5. The van der Waals surface area contributed by atoms with Gasteiger partial charge in [0, 0.05) is 35.8 Å². The summed E-state index contributed by atoms with van der Waals surface area (Å²) in [7, 11) is 0. The Morgan fingerprint density at radius 1 is 1.29 bits per heavy atom. The van der Waals surface area contributed by atoms with Gasteiger partial charge in [0.1, 0.15) is 16.4 Å². The molecule has 0 aromatic carbocycles. The van der Waals surface area contributed by atoms with E-state index in [1.54, 1.807) is 29.9 Å². The number of aromatic nitrogens is 3. The van der Waals surface area contributed by atoms with Crippen LogP contribution in [0.25, 0.3) is 11.4 Å². The molecule has 2 aromatic heterocycles. The van der Waals surface area contributed by atoms with Gasteiger partial charge in [-0.3, -0.25) is 9.97 Å². The van der Waals surface area contributed by atoms with Gasteiger partial charge in [-0.1, -0.05) is 0 Å². The molecule has 0 amide bonds. The normalized spacial score (nSPS) is 20.4. The summed E-state index contributed by atoms with van der Waals surface area (Å²) >= 11 is 3.68. The lowest BCUT2D eigenvalue weighted by Crippen LogP contribution is -2.30. The average Bonchev–Trinajstić information content (AvgIpc) is 2.90. The van der Waals surface area contributed by atoms with Crippen molar-refractivity contribution in [1.82, 2.24) is 20.3 Å². The molecule has 1 N–H and O–H groups in total. The van der Waals surface area contributed by atoms with Crippen LogP contribution in [0.5, 0.6) is 0 Å². The van der Waals surface area contributed by atoms with Gasteiger partial charge in [-0.15, -0.1) is 11.3 Å². The Morgan fingerprint density at radius 3 is 3.06 bits per heavy atom. The van der Waals surface area contributed by atoms with Gasteiger partial charge in [0.25, 0.3) is 0 Å². The van der Waals surface area contributed by atoms with E-state index >= 15 is 0 Å². The first-order chi connectivity index (χ1) is 8.43. The molecule has 0 aliphatic carbocycles. The van der Waals surface area contributed by atoms with Crippen molar-refractivity contribution in [1.29, 1.82) is 0 Å². The van der Waals surface area contributed by atoms with Crippen LogP contribution in [0.1, 0.15) is 11.0 Å². The molecule has 6 heteroatoms. The summed E-state index contributed by atoms with van der Waals surface area (Å²) in [6.07, 6.45) is 5.13. The van der Waals surface area contributed by atoms with Crippen LogP contribution in [-0.2, 0) is 0 Å². The SMILES string of the molecule is c1cnc(-c2csc(C3CSCCN3)n2)cn1. The van der Waals surface area contributed by atoms with Gasteiger partial charge in [-0.25, -0.2) is 4.98 Å². The molecule has 2 aromatic rings. The second kappa shape index (κ2) is 5.12. The Morgan fingerprint density at radius 2 is 2.29 bits per heavy atom. The molecule has 4 nitrogen and oxygen atoms in total. The van der Waals surface area contributed by atoms with Crippen molar-refractivity contribution < 1.29 is 0 Å². The van der Waals surface area contributed by atoms with Gasteiger partial charge in [0.2, 0.25) is 0 Å². The summed E-state index contributed by atoms with van der Waals surface area (Å²) in [6, 6.07) is 0.393. The van der Waals surface area contributed by atoms with Crippen LogP contribution in [0.2, 0.25) is 0 Å². The summed E-state index contributed by atoms with van der Waals surface area (Å²) in [4.78, 5) is 13.0. The molecule has 3 heterocycles. The lowest BCUT2D eigenvalue weighted by molar-refractivity contribution is 0.592. The molecule has 1 unspecified atom stereocenters. The maximum atomic E-state index is 4.64. The first-order valence-corrected chi connectivity index (χ1v) is 7.50. The Hall–Kier alpha value is -0.980. The molecule has 0 saturated carbocycles. The van der Waals surface area contributed by atoms with E-state index < -0.39 is 0 Å². The molecule has 1 aliphatic heterocycles. The summed E-state index contributed by atoms with van der Waals surface area (Å²) in [6.45, 7) is 1.06. The molecule has 1 fully saturated rings. The summed E-state index contributed by atoms with van der Waals surface area (Å²) in [5, 5.41) is 6.70. The van der Waals surface area contributed by atoms with Crippen LogP contribution in [0.15, 0.2) is 24.0 Å². The summed E-state index contributed by atoms with van der Waals surface area (Å²) < 4.78 is 0. The van der Waals surface area contributed by atoms with Crippen LogP contribution in [0, 0.1) is 0 Å². The maximum absolute atomic E-state index is 4.64. The highest BCUT2D eigenvalue weighted by Gasteiger charge is 2.18. The zero-order valence-electron chi connectivity index (χ0n) is 9.17. The molecule has 0 spiro atoms. The number of nitrogens with one attached hydrogen (secondary N) is 1. The van der Waals surface area contributed by atoms with Gasteiger partial charge < -0.3 is 5.32 Å². The third kappa shape index (κ3) is 2.48. The van der Waals surface area contributed by atoms with Crippen molar-refractivity contribution in [3.63, 3.8) is 0 Å². The standard InChI is InChI=1S/C11H12N4S2/c1-2-13-8(5-12-1)9-7-17-11(15-9)10-6-16-4-3-14-10/h1-2,5,7,10,14H,3-4,6H2. The maximum Gasteiger partial charge on any atom is 0.111 e. The zero-order valence-corrected chi connectivity index (χ0v) is 10.8. The highest BCUT2D eigenvalue weighted by Crippen LogP contribution is 2.27. The van der Waals surface area contributed by atoms with Crippen LogP contribution in [0.4, 0.5) is 0 Å². The molecule has 0 radical (unpaired) electrons. The fraction of sp³-hybridized carbons (Fsp3) is 0.364. The van der Waals surface area contributed by atoms with E-state index in [1.807, 2.05) is 11.8 Å². The minimum absolute atomic E-state index is 0.393. The molecule has 1 saturated heterocycles. The number of hydrogen-bond acceptors (Lipinski definition) is 6. The number of rotatable bonds is 2. The first kappa shape index (κ1) is 11.1. The van der Waals surface area contributed by atoms with Gasteiger partial charge in [-0.05, 0) is 0 Å². The van der Waals surface area contributed by atoms with E-state index in [-0.39, 0.29) is 0 Å². The lowest BCUT2D eigenvalue weighted by Gasteiger charge is -2.20. The predicted octanol–water partition coefficient (Wildman–Crippen LogP) is 1.98. The van der Waals surface area contributed by atoms with Crippen molar-refractivity contribution >= 4 is 23.1 Å². The smallest absolute Gasteiger partial charge is 0.111 e. The molecular weight excluding hydrogens is 252 g/mol. The Kier molecular flexibility index (Phi) is 3.35. The minimum Gasteiger partial charge on any atom is -0.306 e. The van der Waals surface area contributed by atoms with E-state index in [0.29, 0.717) is 6.04 Å². The van der Waals surface area contributed by atoms with E-state index in [4.69, 9.17) is 0 Å². The Bertz CT molecular complexity index is 479. The third-order valence-corrected chi connectivity index (χ3v) is 4.59. The highest BCUT2D eigenvalue weighted by atomic mass is 32.2. The quantitative estimate of drug-likeness (QED) is 0.899. The Balaban J connectivity index is 1.83. The molecule has 0 bridgehead atoms. The molecule has 17 heavy (non-hydrogen) atoms. The van der Waals surface area contributed by atoms with Gasteiger partial charge in [-0.2, -0.15) is 11.8 Å². The lowest BCUT2D eigenvalue weighted by atomic mass is 10.3.